The zero-order valence-corrected chi connectivity index (χ0v) is 21.1. The van der Waals surface area contributed by atoms with Gasteiger partial charge in [-0.3, -0.25) is 4.79 Å². The van der Waals surface area contributed by atoms with Crippen molar-refractivity contribution < 1.29 is 9.53 Å². The highest BCUT2D eigenvalue weighted by Crippen LogP contribution is 2.32. The number of ether oxygens (including phenoxy) is 1. The maximum atomic E-state index is 12.8. The second kappa shape index (κ2) is 10.5. The van der Waals surface area contributed by atoms with Gasteiger partial charge in [0.2, 0.25) is 0 Å². The van der Waals surface area contributed by atoms with E-state index in [0.29, 0.717) is 23.4 Å². The first-order chi connectivity index (χ1) is 15.7. The summed E-state index contributed by atoms with van der Waals surface area (Å²) in [6, 6.07) is 18.0. The Morgan fingerprint density at radius 2 is 1.73 bits per heavy atom. The van der Waals surface area contributed by atoms with Gasteiger partial charge in [-0.25, -0.2) is 0 Å². The summed E-state index contributed by atoms with van der Waals surface area (Å²) in [6.07, 6.45) is 2.28. The van der Waals surface area contributed by atoms with E-state index in [1.54, 1.807) is 13.2 Å². The summed E-state index contributed by atoms with van der Waals surface area (Å²) in [5.41, 5.74) is 8.11. The second-order valence-corrected chi connectivity index (χ2v) is 9.15. The maximum absolute atomic E-state index is 12.8. The van der Waals surface area contributed by atoms with Crippen molar-refractivity contribution in [2.45, 2.75) is 34.1 Å². The molecule has 0 fully saturated rings. The molecule has 4 nitrogen and oxygen atoms in total. The molecule has 168 valence electrons. The van der Waals surface area contributed by atoms with Crippen LogP contribution in [-0.2, 0) is 11.2 Å². The van der Waals surface area contributed by atoms with Gasteiger partial charge in [0.15, 0.2) is 0 Å². The Morgan fingerprint density at radius 3 is 2.33 bits per heavy atom. The summed E-state index contributed by atoms with van der Waals surface area (Å²) < 4.78 is 6.52. The monoisotopic (exact) mass is 502 g/mol. The average molecular weight is 503 g/mol. The molecule has 0 saturated heterocycles. The lowest BCUT2D eigenvalue weighted by molar-refractivity contribution is -0.112. The average Bonchev–Trinajstić information content (AvgIpc) is 2.74. The highest BCUT2D eigenvalue weighted by atomic mass is 79.9. The van der Waals surface area contributed by atoms with Crippen molar-refractivity contribution in [2.75, 3.05) is 12.4 Å². The topological polar surface area (TPSA) is 62.1 Å². The van der Waals surface area contributed by atoms with Gasteiger partial charge >= 0.3 is 0 Å². The molecule has 3 aromatic rings. The van der Waals surface area contributed by atoms with Crippen LogP contribution in [0.1, 0.15) is 38.9 Å². The van der Waals surface area contributed by atoms with Crippen LogP contribution in [0.4, 0.5) is 5.69 Å². The summed E-state index contributed by atoms with van der Waals surface area (Å²) in [4.78, 5) is 12.8. The minimum Gasteiger partial charge on any atom is -0.496 e. The van der Waals surface area contributed by atoms with Crippen LogP contribution in [0.25, 0.3) is 6.08 Å². The molecule has 0 bridgehead atoms. The number of methoxy groups -OCH3 is 1. The molecule has 0 unspecified atom stereocenters. The van der Waals surface area contributed by atoms with E-state index >= 15 is 0 Å². The van der Waals surface area contributed by atoms with Crippen LogP contribution in [-0.4, -0.2) is 13.0 Å². The predicted octanol–water partition coefficient (Wildman–Crippen LogP) is 6.83. The van der Waals surface area contributed by atoms with Crippen molar-refractivity contribution in [3.05, 3.63) is 97.5 Å². The lowest BCUT2D eigenvalue weighted by Gasteiger charge is -2.14. The van der Waals surface area contributed by atoms with Crippen LogP contribution in [0.2, 0.25) is 0 Å². The molecular weight excluding hydrogens is 476 g/mol. The number of nitrogens with one attached hydrogen (secondary N) is 1. The molecular formula is C28H27BrN2O2. The Balaban J connectivity index is 1.90. The van der Waals surface area contributed by atoms with Crippen LogP contribution in [0.3, 0.4) is 0 Å². The number of nitrogens with zero attached hydrogens (tertiary/aromatic N) is 1. The van der Waals surface area contributed by atoms with E-state index in [1.807, 2.05) is 50.2 Å². The van der Waals surface area contributed by atoms with E-state index in [-0.39, 0.29) is 5.57 Å². The zero-order chi connectivity index (χ0) is 24.1. The van der Waals surface area contributed by atoms with Crippen LogP contribution in [0.5, 0.6) is 5.75 Å². The summed E-state index contributed by atoms with van der Waals surface area (Å²) in [7, 11) is 1.62. The smallest absolute Gasteiger partial charge is 0.266 e. The van der Waals surface area contributed by atoms with E-state index in [1.165, 1.54) is 16.7 Å². The van der Waals surface area contributed by atoms with Crippen molar-refractivity contribution in [1.29, 1.82) is 5.26 Å². The fourth-order valence-electron chi connectivity index (χ4n) is 3.90. The van der Waals surface area contributed by atoms with E-state index in [4.69, 9.17) is 4.74 Å². The van der Waals surface area contributed by atoms with E-state index in [0.717, 1.165) is 21.2 Å². The Hall–Kier alpha value is -3.36. The number of aryl methyl sites for hydroxylation is 4. The molecule has 1 amide bonds. The van der Waals surface area contributed by atoms with Gasteiger partial charge in [0, 0.05) is 22.1 Å². The predicted molar refractivity (Wildman–Crippen MR) is 138 cm³/mol. The van der Waals surface area contributed by atoms with Gasteiger partial charge in [-0.05, 0) is 68.7 Å². The number of hydrogen-bond donors (Lipinski definition) is 1. The highest BCUT2D eigenvalue weighted by Gasteiger charge is 2.14. The lowest BCUT2D eigenvalue weighted by atomic mass is 9.98. The van der Waals surface area contributed by atoms with Crippen molar-refractivity contribution in [3.63, 3.8) is 0 Å². The quantitative estimate of drug-likeness (QED) is 0.296. The number of benzene rings is 3. The van der Waals surface area contributed by atoms with Gasteiger partial charge in [-0.2, -0.15) is 5.26 Å². The molecule has 0 heterocycles. The summed E-state index contributed by atoms with van der Waals surface area (Å²) >= 11 is 3.66. The van der Waals surface area contributed by atoms with Crippen LogP contribution in [0, 0.1) is 39.0 Å². The van der Waals surface area contributed by atoms with Crippen molar-refractivity contribution >= 4 is 33.6 Å². The number of carbonyl (C=O) groups excluding carboxylic acids is 1. The third-order valence-corrected chi connectivity index (χ3v) is 6.07. The Kier molecular flexibility index (Phi) is 7.73. The number of carbonyl (C=O) groups is 1. The number of nitriles is 1. The normalized spacial score (nSPS) is 11.1. The molecule has 33 heavy (non-hydrogen) atoms. The highest BCUT2D eigenvalue weighted by molar-refractivity contribution is 9.10. The van der Waals surface area contributed by atoms with Gasteiger partial charge in [-0.1, -0.05) is 63.0 Å². The molecule has 0 spiro atoms. The van der Waals surface area contributed by atoms with Gasteiger partial charge in [-0.15, -0.1) is 0 Å². The lowest BCUT2D eigenvalue weighted by Crippen LogP contribution is -2.14. The molecule has 0 atom stereocenters. The van der Waals surface area contributed by atoms with Crippen molar-refractivity contribution in [1.82, 2.24) is 0 Å². The van der Waals surface area contributed by atoms with Gasteiger partial charge in [0.25, 0.3) is 5.91 Å². The zero-order valence-electron chi connectivity index (χ0n) is 19.5. The number of halogens is 1. The minimum atomic E-state index is -0.446. The van der Waals surface area contributed by atoms with Crippen LogP contribution < -0.4 is 10.1 Å². The maximum Gasteiger partial charge on any atom is 0.266 e. The van der Waals surface area contributed by atoms with Crippen molar-refractivity contribution in [3.8, 4) is 11.8 Å². The van der Waals surface area contributed by atoms with E-state index in [9.17, 15) is 10.1 Å². The van der Waals surface area contributed by atoms with Gasteiger partial charge in [0.05, 0.1) is 7.11 Å². The molecule has 3 aromatic carbocycles. The fourth-order valence-corrected chi connectivity index (χ4v) is 4.50. The van der Waals surface area contributed by atoms with Crippen LogP contribution >= 0.6 is 15.9 Å². The molecule has 3 rings (SSSR count). The fraction of sp³-hybridized carbons (Fsp3) is 0.214. The molecule has 0 radical (unpaired) electrons. The standard InChI is InChI=1S/C28H27BrN2O2/c1-17-6-7-26(20(4)9-17)31-28(32)23(16-30)12-22-14-25(29)24(27(15-22)33-5)13-21-10-18(2)8-19(3)11-21/h6-12,14-15H,13H2,1-5H3,(H,31,32)/b23-12+. The Bertz CT molecular complexity index is 1270. The molecule has 1 N–H and O–H groups in total. The molecule has 5 heteroatoms. The van der Waals surface area contributed by atoms with Gasteiger partial charge < -0.3 is 10.1 Å². The van der Waals surface area contributed by atoms with Crippen molar-refractivity contribution in [2.24, 2.45) is 0 Å². The van der Waals surface area contributed by atoms with Gasteiger partial charge in [0.1, 0.15) is 17.4 Å². The Labute approximate surface area is 204 Å². The van der Waals surface area contributed by atoms with E-state index in [2.05, 4.69) is 53.3 Å². The molecule has 0 aliphatic carbocycles. The third kappa shape index (κ3) is 6.12. The first-order valence-electron chi connectivity index (χ1n) is 10.6. The number of anilines is 1. The Morgan fingerprint density at radius 1 is 1.03 bits per heavy atom. The summed E-state index contributed by atoms with van der Waals surface area (Å²) in [6.45, 7) is 8.09. The molecule has 0 aromatic heterocycles. The molecule has 0 saturated carbocycles. The second-order valence-electron chi connectivity index (χ2n) is 8.30. The first-order valence-corrected chi connectivity index (χ1v) is 11.4. The molecule has 0 aliphatic rings. The third-order valence-electron chi connectivity index (χ3n) is 5.37. The first kappa shape index (κ1) is 24.3. The SMILES string of the molecule is COc1cc(/C=C(\C#N)C(=O)Nc2ccc(C)cc2C)cc(Br)c1Cc1cc(C)cc(C)c1. The largest absolute Gasteiger partial charge is 0.496 e. The van der Waals surface area contributed by atoms with Crippen LogP contribution in [0.15, 0.2) is 58.6 Å². The number of hydrogen-bond acceptors (Lipinski definition) is 3. The van der Waals surface area contributed by atoms with E-state index < -0.39 is 5.91 Å². The minimum absolute atomic E-state index is 0.0194. The molecule has 0 aliphatic heterocycles. The summed E-state index contributed by atoms with van der Waals surface area (Å²) in [5, 5.41) is 12.5. The number of amides is 1. The summed E-state index contributed by atoms with van der Waals surface area (Å²) in [5.74, 6) is 0.251. The number of rotatable bonds is 6.